The Morgan fingerprint density at radius 2 is 2.10 bits per heavy atom. The molecule has 0 aliphatic rings. The lowest BCUT2D eigenvalue weighted by molar-refractivity contribution is -0.137. The summed E-state index contributed by atoms with van der Waals surface area (Å²) in [4.78, 5) is 0. The number of halogens is 4. The van der Waals surface area contributed by atoms with Gasteiger partial charge in [-0.1, -0.05) is 11.6 Å². The third-order valence-electron chi connectivity index (χ3n) is 2.50. The van der Waals surface area contributed by atoms with Crippen molar-refractivity contribution in [2.75, 3.05) is 25.1 Å². The minimum atomic E-state index is -4.42. The van der Waals surface area contributed by atoms with Gasteiger partial charge < -0.3 is 15.4 Å². The molecule has 1 rings (SSSR count). The first-order valence-electron chi connectivity index (χ1n) is 6.34. The van der Waals surface area contributed by atoms with Crippen LogP contribution in [0.2, 0.25) is 5.02 Å². The summed E-state index contributed by atoms with van der Waals surface area (Å²) in [7, 11) is 0. The molecule has 0 heterocycles. The van der Waals surface area contributed by atoms with Crippen molar-refractivity contribution in [2.24, 2.45) is 0 Å². The summed E-state index contributed by atoms with van der Waals surface area (Å²) in [6.45, 7) is 3.79. The van der Waals surface area contributed by atoms with Crippen molar-refractivity contribution >= 4 is 34.6 Å². The lowest BCUT2D eigenvalue weighted by Crippen LogP contribution is -2.30. The van der Waals surface area contributed by atoms with Gasteiger partial charge in [-0.3, -0.25) is 0 Å². The maximum atomic E-state index is 12.5. The maximum absolute atomic E-state index is 12.5. The molecule has 0 radical (unpaired) electrons. The van der Waals surface area contributed by atoms with E-state index in [2.05, 4.69) is 10.6 Å². The van der Waals surface area contributed by atoms with E-state index in [4.69, 9.17) is 28.6 Å². The van der Waals surface area contributed by atoms with E-state index in [1.807, 2.05) is 6.92 Å². The van der Waals surface area contributed by atoms with Crippen LogP contribution in [-0.4, -0.2) is 24.9 Å². The smallest absolute Gasteiger partial charge is 0.382 e. The summed E-state index contributed by atoms with van der Waals surface area (Å²) >= 11 is 10.8. The molecule has 3 nitrogen and oxygen atoms in total. The molecule has 0 aliphatic heterocycles. The number of hydrogen-bond donors (Lipinski definition) is 2. The first-order valence-corrected chi connectivity index (χ1v) is 7.12. The monoisotopic (exact) mass is 340 g/mol. The standard InChI is InChI=1S/C13H16ClF3N2OS/c1-2-20-7-3-6-18-12(21)19-11-5-4-9(8-10(11)14)13(15,16)17/h4-5,8H,2-3,6-7H2,1H3,(H2,18,19,21). The van der Waals surface area contributed by atoms with Crippen LogP contribution in [0.25, 0.3) is 0 Å². The zero-order chi connectivity index (χ0) is 15.9. The highest BCUT2D eigenvalue weighted by Crippen LogP contribution is 2.33. The first kappa shape index (κ1) is 18.0. The van der Waals surface area contributed by atoms with E-state index in [1.165, 1.54) is 6.07 Å². The van der Waals surface area contributed by atoms with Crippen LogP contribution in [0, 0.1) is 0 Å². The van der Waals surface area contributed by atoms with Gasteiger partial charge in [-0.15, -0.1) is 0 Å². The van der Waals surface area contributed by atoms with E-state index < -0.39 is 11.7 Å². The topological polar surface area (TPSA) is 33.3 Å². The fourth-order valence-corrected chi connectivity index (χ4v) is 1.92. The number of ether oxygens (including phenoxy) is 1. The molecule has 21 heavy (non-hydrogen) atoms. The van der Waals surface area contributed by atoms with Crippen LogP contribution in [0.1, 0.15) is 18.9 Å². The van der Waals surface area contributed by atoms with E-state index >= 15 is 0 Å². The molecule has 0 aromatic heterocycles. The Kier molecular flexibility index (Phi) is 7.21. The van der Waals surface area contributed by atoms with E-state index in [0.717, 1.165) is 18.6 Å². The molecule has 0 aliphatic carbocycles. The van der Waals surface area contributed by atoms with Crippen molar-refractivity contribution in [1.29, 1.82) is 0 Å². The molecular formula is C13H16ClF3N2OS. The van der Waals surface area contributed by atoms with Crippen LogP contribution in [0.4, 0.5) is 18.9 Å². The summed E-state index contributed by atoms with van der Waals surface area (Å²) in [5.74, 6) is 0. The molecule has 0 bridgehead atoms. The third kappa shape index (κ3) is 6.50. The van der Waals surface area contributed by atoms with Crippen molar-refractivity contribution in [3.8, 4) is 0 Å². The Morgan fingerprint density at radius 3 is 2.67 bits per heavy atom. The quantitative estimate of drug-likeness (QED) is 0.604. The SMILES string of the molecule is CCOCCCNC(=S)Nc1ccc(C(F)(F)F)cc1Cl. The number of benzene rings is 1. The second-order valence-electron chi connectivity index (χ2n) is 4.12. The van der Waals surface area contributed by atoms with E-state index in [1.54, 1.807) is 0 Å². The van der Waals surface area contributed by atoms with Crippen molar-refractivity contribution in [2.45, 2.75) is 19.5 Å². The van der Waals surface area contributed by atoms with Crippen molar-refractivity contribution in [3.05, 3.63) is 28.8 Å². The number of thiocarbonyl (C=S) groups is 1. The summed E-state index contributed by atoms with van der Waals surface area (Å²) in [5.41, 5.74) is -0.472. The van der Waals surface area contributed by atoms with Gasteiger partial charge in [-0.25, -0.2) is 0 Å². The minimum Gasteiger partial charge on any atom is -0.382 e. The Bertz CT molecular complexity index is 483. The van der Waals surface area contributed by atoms with Gasteiger partial charge in [-0.05, 0) is 43.8 Å². The molecule has 1 aromatic carbocycles. The van der Waals surface area contributed by atoms with Crippen LogP contribution in [0.3, 0.4) is 0 Å². The maximum Gasteiger partial charge on any atom is 0.416 e. The van der Waals surface area contributed by atoms with Crippen LogP contribution in [0.5, 0.6) is 0 Å². The number of nitrogens with one attached hydrogen (secondary N) is 2. The van der Waals surface area contributed by atoms with Crippen LogP contribution >= 0.6 is 23.8 Å². The van der Waals surface area contributed by atoms with Crippen LogP contribution in [-0.2, 0) is 10.9 Å². The normalized spacial score (nSPS) is 11.3. The molecule has 1 aromatic rings. The van der Waals surface area contributed by atoms with Crippen molar-refractivity contribution in [1.82, 2.24) is 5.32 Å². The second kappa shape index (κ2) is 8.41. The molecule has 0 unspecified atom stereocenters. The predicted octanol–water partition coefficient (Wildman–Crippen LogP) is 4.07. The molecule has 2 N–H and O–H groups in total. The van der Waals surface area contributed by atoms with Gasteiger partial charge in [-0.2, -0.15) is 13.2 Å². The molecule has 118 valence electrons. The van der Waals surface area contributed by atoms with E-state index in [-0.39, 0.29) is 5.02 Å². The minimum absolute atomic E-state index is 0.0386. The largest absolute Gasteiger partial charge is 0.416 e. The fraction of sp³-hybridized carbons (Fsp3) is 0.462. The Hall–Kier alpha value is -1.05. The zero-order valence-corrected chi connectivity index (χ0v) is 13.0. The van der Waals surface area contributed by atoms with Gasteiger partial charge >= 0.3 is 6.18 Å². The summed E-state index contributed by atoms with van der Waals surface area (Å²) in [5, 5.41) is 5.94. The summed E-state index contributed by atoms with van der Waals surface area (Å²) in [6.07, 6.45) is -3.64. The molecule has 0 saturated carbocycles. The Morgan fingerprint density at radius 1 is 1.38 bits per heavy atom. The highest BCUT2D eigenvalue weighted by atomic mass is 35.5. The fourth-order valence-electron chi connectivity index (χ4n) is 1.48. The highest BCUT2D eigenvalue weighted by molar-refractivity contribution is 7.80. The number of rotatable bonds is 6. The Labute approximate surface area is 131 Å². The number of alkyl halides is 3. The van der Waals surface area contributed by atoms with Crippen LogP contribution < -0.4 is 10.6 Å². The van der Waals surface area contributed by atoms with Gasteiger partial charge in [0.25, 0.3) is 0 Å². The summed E-state index contributed by atoms with van der Waals surface area (Å²) < 4.78 is 42.7. The summed E-state index contributed by atoms with van der Waals surface area (Å²) in [6, 6.07) is 3.06. The molecule has 8 heteroatoms. The van der Waals surface area contributed by atoms with E-state index in [0.29, 0.717) is 30.6 Å². The van der Waals surface area contributed by atoms with Gasteiger partial charge in [0.15, 0.2) is 5.11 Å². The average molecular weight is 341 g/mol. The lowest BCUT2D eigenvalue weighted by Gasteiger charge is -2.13. The Balaban J connectivity index is 2.49. The average Bonchev–Trinajstić information content (AvgIpc) is 2.39. The van der Waals surface area contributed by atoms with Crippen LogP contribution in [0.15, 0.2) is 18.2 Å². The molecule has 0 atom stereocenters. The van der Waals surface area contributed by atoms with Crippen molar-refractivity contribution in [3.63, 3.8) is 0 Å². The first-order chi connectivity index (χ1) is 9.84. The molecule has 0 amide bonds. The number of hydrogen-bond acceptors (Lipinski definition) is 2. The number of anilines is 1. The van der Waals surface area contributed by atoms with E-state index in [9.17, 15) is 13.2 Å². The molecular weight excluding hydrogens is 325 g/mol. The van der Waals surface area contributed by atoms with Gasteiger partial charge in [0, 0.05) is 19.8 Å². The highest BCUT2D eigenvalue weighted by Gasteiger charge is 2.30. The molecule has 0 spiro atoms. The lowest BCUT2D eigenvalue weighted by atomic mass is 10.2. The van der Waals surface area contributed by atoms with Crippen molar-refractivity contribution < 1.29 is 17.9 Å². The molecule has 0 saturated heterocycles. The third-order valence-corrected chi connectivity index (χ3v) is 3.06. The second-order valence-corrected chi connectivity index (χ2v) is 4.94. The van der Waals surface area contributed by atoms with Gasteiger partial charge in [0.05, 0.1) is 16.3 Å². The van der Waals surface area contributed by atoms with Gasteiger partial charge in [0.1, 0.15) is 0 Å². The predicted molar refractivity (Wildman–Crippen MR) is 81.8 cm³/mol. The van der Waals surface area contributed by atoms with Gasteiger partial charge in [0.2, 0.25) is 0 Å². The zero-order valence-electron chi connectivity index (χ0n) is 11.4. The molecule has 0 fully saturated rings.